The predicted octanol–water partition coefficient (Wildman–Crippen LogP) is 4.34. The third-order valence-electron chi connectivity index (χ3n) is 2.91. The molecule has 1 atom stereocenters. The molecule has 0 aromatic heterocycles. The van der Waals surface area contributed by atoms with E-state index >= 15 is 0 Å². The predicted molar refractivity (Wildman–Crippen MR) is 74.7 cm³/mol. The van der Waals surface area contributed by atoms with E-state index in [0.29, 0.717) is 5.92 Å². The summed E-state index contributed by atoms with van der Waals surface area (Å²) in [6, 6.07) is 0. The Morgan fingerprint density at radius 2 is 2.00 bits per heavy atom. The van der Waals surface area contributed by atoms with Crippen LogP contribution in [0.5, 0.6) is 0 Å². The second-order valence-corrected chi connectivity index (χ2v) is 4.57. The topological polar surface area (TPSA) is 3.24 Å². The van der Waals surface area contributed by atoms with Gasteiger partial charge in [-0.2, -0.15) is 0 Å². The Morgan fingerprint density at radius 3 is 2.53 bits per heavy atom. The molecular weight excluding hydrogens is 213 g/mol. The molecule has 0 aliphatic rings. The summed E-state index contributed by atoms with van der Waals surface area (Å²) in [7, 11) is 2.13. The Morgan fingerprint density at radius 1 is 1.35 bits per heavy atom. The molecule has 1 unspecified atom stereocenters. The van der Waals surface area contributed by atoms with Crippen LogP contribution in [0, 0.1) is 5.92 Å². The molecule has 0 bridgehead atoms. The van der Waals surface area contributed by atoms with Gasteiger partial charge in [0.2, 0.25) is 0 Å². The van der Waals surface area contributed by atoms with E-state index in [1.54, 1.807) is 13.0 Å². The molecule has 0 amide bonds. The van der Waals surface area contributed by atoms with Gasteiger partial charge in [0.05, 0.1) is 0 Å². The van der Waals surface area contributed by atoms with Crippen molar-refractivity contribution in [1.82, 2.24) is 4.90 Å². The SMILES string of the molecule is C=C(/C=C\C(F)=C/C)C(C)CCN(C)CCC. The molecule has 0 fully saturated rings. The largest absolute Gasteiger partial charge is 0.306 e. The molecule has 0 aromatic carbocycles. The maximum Gasteiger partial charge on any atom is 0.118 e. The van der Waals surface area contributed by atoms with Crippen molar-refractivity contribution in [3.8, 4) is 0 Å². The van der Waals surface area contributed by atoms with Gasteiger partial charge in [-0.05, 0) is 51.9 Å². The third kappa shape index (κ3) is 7.92. The summed E-state index contributed by atoms with van der Waals surface area (Å²) in [5, 5.41) is 0. The number of rotatable bonds is 8. The molecule has 0 N–H and O–H groups in total. The van der Waals surface area contributed by atoms with E-state index in [1.165, 1.54) is 18.6 Å². The van der Waals surface area contributed by atoms with Gasteiger partial charge >= 0.3 is 0 Å². The summed E-state index contributed by atoms with van der Waals surface area (Å²) in [6.07, 6.45) is 6.95. The zero-order chi connectivity index (χ0) is 13.3. The van der Waals surface area contributed by atoms with E-state index in [4.69, 9.17) is 0 Å². The number of allylic oxidation sites excluding steroid dienone is 5. The normalized spacial score (nSPS) is 14.6. The highest BCUT2D eigenvalue weighted by Crippen LogP contribution is 2.15. The zero-order valence-electron chi connectivity index (χ0n) is 11.7. The average Bonchev–Trinajstić information content (AvgIpc) is 2.32. The summed E-state index contributed by atoms with van der Waals surface area (Å²) in [6.45, 7) is 12.2. The van der Waals surface area contributed by atoms with Gasteiger partial charge in [-0.15, -0.1) is 0 Å². The molecule has 0 aliphatic heterocycles. The van der Waals surface area contributed by atoms with Crippen molar-refractivity contribution in [2.45, 2.75) is 33.6 Å². The van der Waals surface area contributed by atoms with Crippen LogP contribution in [0.15, 0.2) is 36.2 Å². The van der Waals surface area contributed by atoms with Crippen LogP contribution in [0.2, 0.25) is 0 Å². The highest BCUT2D eigenvalue weighted by Gasteiger charge is 2.06. The van der Waals surface area contributed by atoms with E-state index < -0.39 is 0 Å². The Labute approximate surface area is 106 Å². The first kappa shape index (κ1) is 16.1. The van der Waals surface area contributed by atoms with Gasteiger partial charge in [-0.25, -0.2) is 4.39 Å². The van der Waals surface area contributed by atoms with Crippen molar-refractivity contribution < 1.29 is 4.39 Å². The minimum atomic E-state index is -0.207. The summed E-state index contributed by atoms with van der Waals surface area (Å²) in [5.74, 6) is 0.191. The van der Waals surface area contributed by atoms with Gasteiger partial charge < -0.3 is 4.90 Å². The van der Waals surface area contributed by atoms with Gasteiger partial charge in [-0.1, -0.05) is 38.2 Å². The first-order valence-electron chi connectivity index (χ1n) is 6.38. The van der Waals surface area contributed by atoms with E-state index in [9.17, 15) is 4.39 Å². The molecule has 0 spiro atoms. The van der Waals surface area contributed by atoms with Crippen LogP contribution >= 0.6 is 0 Å². The van der Waals surface area contributed by atoms with Gasteiger partial charge in [0, 0.05) is 0 Å². The van der Waals surface area contributed by atoms with E-state index in [2.05, 4.69) is 32.4 Å². The fourth-order valence-electron chi connectivity index (χ4n) is 1.54. The molecule has 0 saturated carbocycles. The molecule has 1 nitrogen and oxygen atoms in total. The van der Waals surface area contributed by atoms with Crippen LogP contribution in [-0.2, 0) is 0 Å². The fourth-order valence-corrected chi connectivity index (χ4v) is 1.54. The fraction of sp³-hybridized carbons (Fsp3) is 0.600. The Hall–Kier alpha value is -0.890. The molecule has 17 heavy (non-hydrogen) atoms. The molecule has 0 radical (unpaired) electrons. The number of nitrogens with zero attached hydrogens (tertiary/aromatic N) is 1. The van der Waals surface area contributed by atoms with Crippen LogP contribution in [0.4, 0.5) is 4.39 Å². The van der Waals surface area contributed by atoms with Crippen LogP contribution in [0.3, 0.4) is 0 Å². The molecule has 0 aromatic rings. The summed E-state index contributed by atoms with van der Waals surface area (Å²) in [4.78, 5) is 2.32. The van der Waals surface area contributed by atoms with Crippen LogP contribution in [0.25, 0.3) is 0 Å². The van der Waals surface area contributed by atoms with Crippen molar-refractivity contribution in [2.75, 3.05) is 20.1 Å². The molecule has 0 aliphatic carbocycles. The van der Waals surface area contributed by atoms with Crippen molar-refractivity contribution in [3.05, 3.63) is 36.2 Å². The third-order valence-corrected chi connectivity index (χ3v) is 2.91. The summed E-state index contributed by atoms with van der Waals surface area (Å²) < 4.78 is 12.9. The van der Waals surface area contributed by atoms with Crippen LogP contribution < -0.4 is 0 Å². The summed E-state index contributed by atoms with van der Waals surface area (Å²) in [5.41, 5.74) is 0.992. The quantitative estimate of drug-likeness (QED) is 0.569. The van der Waals surface area contributed by atoms with Crippen molar-refractivity contribution in [3.63, 3.8) is 0 Å². The first-order chi connectivity index (χ1) is 8.01. The van der Waals surface area contributed by atoms with E-state index in [-0.39, 0.29) is 5.83 Å². The molecule has 98 valence electrons. The highest BCUT2D eigenvalue weighted by atomic mass is 19.1. The molecular formula is C15H26FN. The van der Waals surface area contributed by atoms with Gasteiger partial charge in [-0.3, -0.25) is 0 Å². The van der Waals surface area contributed by atoms with Gasteiger partial charge in [0.1, 0.15) is 5.83 Å². The maximum absolute atomic E-state index is 12.9. The monoisotopic (exact) mass is 239 g/mol. The van der Waals surface area contributed by atoms with Crippen molar-refractivity contribution in [2.24, 2.45) is 5.92 Å². The summed E-state index contributed by atoms with van der Waals surface area (Å²) >= 11 is 0. The van der Waals surface area contributed by atoms with Crippen molar-refractivity contribution >= 4 is 0 Å². The maximum atomic E-state index is 12.9. The molecule has 0 saturated heterocycles. The second kappa shape index (κ2) is 9.17. The van der Waals surface area contributed by atoms with Crippen LogP contribution in [-0.4, -0.2) is 25.0 Å². The number of hydrogen-bond donors (Lipinski definition) is 0. The van der Waals surface area contributed by atoms with E-state index in [1.807, 2.05) is 0 Å². The molecule has 2 heteroatoms. The Bertz CT molecular complexity index is 279. The van der Waals surface area contributed by atoms with Gasteiger partial charge in [0.15, 0.2) is 0 Å². The molecule has 0 heterocycles. The van der Waals surface area contributed by atoms with E-state index in [0.717, 1.165) is 25.1 Å². The lowest BCUT2D eigenvalue weighted by Crippen LogP contribution is -2.22. The van der Waals surface area contributed by atoms with Gasteiger partial charge in [0.25, 0.3) is 0 Å². The first-order valence-corrected chi connectivity index (χ1v) is 6.38. The Balaban J connectivity index is 4.02. The smallest absolute Gasteiger partial charge is 0.118 e. The lowest BCUT2D eigenvalue weighted by atomic mass is 9.98. The average molecular weight is 239 g/mol. The number of hydrogen-bond acceptors (Lipinski definition) is 1. The lowest BCUT2D eigenvalue weighted by Gasteiger charge is -2.18. The Kier molecular flexibility index (Phi) is 8.69. The van der Waals surface area contributed by atoms with Crippen LogP contribution in [0.1, 0.15) is 33.6 Å². The second-order valence-electron chi connectivity index (χ2n) is 4.57. The number of halogens is 1. The van der Waals surface area contributed by atoms with Crippen molar-refractivity contribution in [1.29, 1.82) is 0 Å². The lowest BCUT2D eigenvalue weighted by molar-refractivity contribution is 0.315. The minimum absolute atomic E-state index is 0.207. The standard InChI is InChI=1S/C15H26FN/c1-6-11-17(5)12-10-14(4)13(3)8-9-15(16)7-2/h7-9,14H,3,6,10-12H2,1-2,4-5H3/b9-8-,15-7+. The molecule has 0 rings (SSSR count). The zero-order valence-corrected chi connectivity index (χ0v) is 11.7. The minimum Gasteiger partial charge on any atom is -0.306 e. The highest BCUT2D eigenvalue weighted by molar-refractivity contribution is 5.23.